The Balaban J connectivity index is 2.54. The summed E-state index contributed by atoms with van der Waals surface area (Å²) in [6.07, 6.45) is 8.39. The second-order valence-corrected chi connectivity index (χ2v) is 7.26. The molecule has 1 saturated carbocycles. The quantitative estimate of drug-likeness (QED) is 0.718. The predicted octanol–water partition coefficient (Wildman–Crippen LogP) is 3.91. The van der Waals surface area contributed by atoms with Crippen LogP contribution in [0.2, 0.25) is 0 Å². The molecule has 0 aromatic heterocycles. The molecule has 1 fully saturated rings. The van der Waals surface area contributed by atoms with Crippen LogP contribution in [0.4, 0.5) is 0 Å². The van der Waals surface area contributed by atoms with Crippen molar-refractivity contribution in [2.45, 2.75) is 72.3 Å². The van der Waals surface area contributed by atoms with Gasteiger partial charge in [0.15, 0.2) is 0 Å². The third-order valence-corrected chi connectivity index (χ3v) is 4.89. The van der Waals surface area contributed by atoms with Gasteiger partial charge in [0.25, 0.3) is 0 Å². The van der Waals surface area contributed by atoms with E-state index in [0.29, 0.717) is 11.5 Å². The molecular weight excluding hydrogens is 232 g/mol. The van der Waals surface area contributed by atoms with Crippen LogP contribution in [0.5, 0.6) is 0 Å². The van der Waals surface area contributed by atoms with E-state index in [1.54, 1.807) is 0 Å². The van der Waals surface area contributed by atoms with E-state index >= 15 is 0 Å². The molecule has 0 saturated heterocycles. The summed E-state index contributed by atoms with van der Waals surface area (Å²) in [5, 5.41) is 3.73. The average Bonchev–Trinajstić information content (AvgIpc) is 2.38. The molecule has 0 spiro atoms. The highest BCUT2D eigenvalue weighted by atomic mass is 15.1. The second-order valence-electron chi connectivity index (χ2n) is 7.26. The Labute approximate surface area is 121 Å². The molecule has 0 aliphatic heterocycles. The molecule has 0 radical (unpaired) electrons. The fourth-order valence-electron chi connectivity index (χ4n) is 3.32. The molecule has 0 aromatic rings. The number of rotatable bonds is 8. The Morgan fingerprint density at radius 3 is 2.26 bits per heavy atom. The Hall–Kier alpha value is -0.0800. The van der Waals surface area contributed by atoms with Crippen LogP contribution in [-0.2, 0) is 0 Å². The van der Waals surface area contributed by atoms with Gasteiger partial charge in [-0.25, -0.2) is 0 Å². The summed E-state index contributed by atoms with van der Waals surface area (Å²) >= 11 is 0. The van der Waals surface area contributed by atoms with E-state index < -0.39 is 0 Å². The van der Waals surface area contributed by atoms with Gasteiger partial charge >= 0.3 is 0 Å². The fourth-order valence-corrected chi connectivity index (χ4v) is 3.32. The molecule has 0 amide bonds. The van der Waals surface area contributed by atoms with Crippen LogP contribution < -0.4 is 5.32 Å². The van der Waals surface area contributed by atoms with Gasteiger partial charge in [0, 0.05) is 19.1 Å². The second kappa shape index (κ2) is 8.26. The van der Waals surface area contributed by atoms with E-state index in [0.717, 1.165) is 12.5 Å². The van der Waals surface area contributed by atoms with Gasteiger partial charge in [-0.3, -0.25) is 0 Å². The van der Waals surface area contributed by atoms with Crippen LogP contribution >= 0.6 is 0 Å². The van der Waals surface area contributed by atoms with Crippen LogP contribution in [0, 0.1) is 11.3 Å². The number of nitrogens with one attached hydrogen (secondary N) is 1. The van der Waals surface area contributed by atoms with Crippen molar-refractivity contribution in [3.05, 3.63) is 0 Å². The van der Waals surface area contributed by atoms with E-state index in [1.165, 1.54) is 51.6 Å². The summed E-state index contributed by atoms with van der Waals surface area (Å²) in [5.41, 5.74) is 0.533. The Morgan fingerprint density at radius 2 is 1.74 bits per heavy atom. The third kappa shape index (κ3) is 5.83. The molecule has 114 valence electrons. The molecule has 1 aliphatic rings. The summed E-state index contributed by atoms with van der Waals surface area (Å²) in [6, 6.07) is 0.712. The van der Waals surface area contributed by atoms with Crippen LogP contribution in [0.25, 0.3) is 0 Å². The van der Waals surface area contributed by atoms with Gasteiger partial charge in [0.05, 0.1) is 0 Å². The lowest BCUT2D eigenvalue weighted by atomic mass is 9.73. The maximum atomic E-state index is 3.73. The Bertz CT molecular complexity index is 231. The van der Waals surface area contributed by atoms with Crippen molar-refractivity contribution < 1.29 is 0 Å². The molecule has 0 heterocycles. The maximum Gasteiger partial charge on any atom is 0.00614 e. The lowest BCUT2D eigenvalue weighted by Crippen LogP contribution is -2.47. The van der Waals surface area contributed by atoms with Gasteiger partial charge in [-0.15, -0.1) is 0 Å². The van der Waals surface area contributed by atoms with Crippen LogP contribution in [-0.4, -0.2) is 37.6 Å². The van der Waals surface area contributed by atoms with Gasteiger partial charge in [0.2, 0.25) is 0 Å². The number of nitrogens with zero attached hydrogens (tertiary/aromatic N) is 1. The lowest BCUT2D eigenvalue weighted by Gasteiger charge is -2.42. The average molecular weight is 268 g/mol. The highest BCUT2D eigenvalue weighted by Crippen LogP contribution is 2.36. The summed E-state index contributed by atoms with van der Waals surface area (Å²) in [7, 11) is 2.31. The van der Waals surface area contributed by atoms with Crippen molar-refractivity contribution in [1.82, 2.24) is 10.2 Å². The first-order valence-corrected chi connectivity index (χ1v) is 8.40. The van der Waals surface area contributed by atoms with Crippen molar-refractivity contribution in [2.75, 3.05) is 26.7 Å². The Kier molecular flexibility index (Phi) is 7.38. The van der Waals surface area contributed by atoms with Gasteiger partial charge in [-0.2, -0.15) is 0 Å². The molecule has 1 aliphatic carbocycles. The van der Waals surface area contributed by atoms with Crippen LogP contribution in [0.1, 0.15) is 66.2 Å². The van der Waals surface area contributed by atoms with Crippen molar-refractivity contribution in [3.63, 3.8) is 0 Å². The first kappa shape index (κ1) is 17.0. The molecule has 1 unspecified atom stereocenters. The minimum absolute atomic E-state index is 0.533. The molecular formula is C17H36N2. The smallest absolute Gasteiger partial charge is 0.00614 e. The van der Waals surface area contributed by atoms with E-state index in [2.05, 4.69) is 45.0 Å². The van der Waals surface area contributed by atoms with E-state index in [4.69, 9.17) is 0 Å². The molecule has 2 heteroatoms. The van der Waals surface area contributed by atoms with Gasteiger partial charge in [0.1, 0.15) is 0 Å². The zero-order valence-electron chi connectivity index (χ0n) is 14.0. The zero-order valence-corrected chi connectivity index (χ0v) is 14.0. The summed E-state index contributed by atoms with van der Waals surface area (Å²) in [5.74, 6) is 0.757. The van der Waals surface area contributed by atoms with Gasteiger partial charge in [-0.05, 0) is 51.1 Å². The van der Waals surface area contributed by atoms with Gasteiger partial charge < -0.3 is 10.2 Å². The van der Waals surface area contributed by atoms with E-state index in [9.17, 15) is 0 Å². The Morgan fingerprint density at radius 1 is 1.11 bits per heavy atom. The van der Waals surface area contributed by atoms with E-state index in [-0.39, 0.29) is 0 Å². The third-order valence-electron chi connectivity index (χ3n) is 4.89. The normalized spacial score (nSPS) is 21.0. The lowest BCUT2D eigenvalue weighted by molar-refractivity contribution is 0.0951. The SMILES string of the molecule is CCC(C)N(C)CC1(CNCC(C)C)CCCCC1. The molecule has 0 bridgehead atoms. The van der Waals surface area contributed by atoms with Crippen molar-refractivity contribution >= 4 is 0 Å². The number of hydrogen-bond acceptors (Lipinski definition) is 2. The maximum absolute atomic E-state index is 3.73. The van der Waals surface area contributed by atoms with Gasteiger partial charge in [-0.1, -0.05) is 40.0 Å². The first-order chi connectivity index (χ1) is 8.99. The molecule has 0 aromatic carbocycles. The summed E-state index contributed by atoms with van der Waals surface area (Å²) in [6.45, 7) is 12.9. The highest BCUT2D eigenvalue weighted by Gasteiger charge is 2.33. The van der Waals surface area contributed by atoms with E-state index in [1.807, 2.05) is 0 Å². The molecule has 1 N–H and O–H groups in total. The minimum Gasteiger partial charge on any atom is -0.316 e. The minimum atomic E-state index is 0.533. The van der Waals surface area contributed by atoms with Crippen molar-refractivity contribution in [1.29, 1.82) is 0 Å². The molecule has 1 rings (SSSR count). The zero-order chi connectivity index (χ0) is 14.3. The largest absolute Gasteiger partial charge is 0.316 e. The predicted molar refractivity (Wildman–Crippen MR) is 85.6 cm³/mol. The summed E-state index contributed by atoms with van der Waals surface area (Å²) in [4.78, 5) is 2.59. The first-order valence-electron chi connectivity index (χ1n) is 8.40. The summed E-state index contributed by atoms with van der Waals surface area (Å²) < 4.78 is 0. The highest BCUT2D eigenvalue weighted by molar-refractivity contribution is 4.88. The molecule has 2 nitrogen and oxygen atoms in total. The molecule has 1 atom stereocenters. The monoisotopic (exact) mass is 268 g/mol. The standard InChI is InChI=1S/C17H36N2/c1-6-16(4)19(5)14-17(10-8-7-9-11-17)13-18-12-15(2)3/h15-16,18H,6-14H2,1-5H3. The topological polar surface area (TPSA) is 15.3 Å². The molecule has 19 heavy (non-hydrogen) atoms. The fraction of sp³-hybridized carbons (Fsp3) is 1.00. The van der Waals surface area contributed by atoms with Crippen LogP contribution in [0.15, 0.2) is 0 Å². The number of hydrogen-bond donors (Lipinski definition) is 1. The van der Waals surface area contributed by atoms with Crippen LogP contribution in [0.3, 0.4) is 0 Å². The van der Waals surface area contributed by atoms with Crippen molar-refractivity contribution in [2.24, 2.45) is 11.3 Å². The van der Waals surface area contributed by atoms with Crippen molar-refractivity contribution in [3.8, 4) is 0 Å².